The topological polar surface area (TPSA) is 44.8 Å². The third kappa shape index (κ3) is 8.09. The molecule has 22 heavy (non-hydrogen) atoms. The van der Waals surface area contributed by atoms with Crippen molar-refractivity contribution in [1.29, 1.82) is 0 Å². The zero-order valence-electron chi connectivity index (χ0n) is 13.3. The number of unbranched alkanes of at least 4 members (excludes halogenated alkanes) is 1. The summed E-state index contributed by atoms with van der Waals surface area (Å²) in [6.07, 6.45) is 9.20. The van der Waals surface area contributed by atoms with Crippen molar-refractivity contribution < 1.29 is 19.0 Å². The molecule has 0 radical (unpaired) electrons. The number of esters is 1. The molecule has 2 saturated heterocycles. The summed E-state index contributed by atoms with van der Waals surface area (Å²) >= 11 is 0. The van der Waals surface area contributed by atoms with Crippen molar-refractivity contribution in [2.45, 2.75) is 69.3 Å². The molecule has 2 aliphatic heterocycles. The van der Waals surface area contributed by atoms with E-state index < -0.39 is 0 Å². The first-order chi connectivity index (χ1) is 10.8. The number of ether oxygens (including phenoxy) is 3. The van der Waals surface area contributed by atoms with Crippen molar-refractivity contribution in [3.63, 3.8) is 0 Å². The molecule has 1 unspecified atom stereocenters. The standard InChI is InChI=1S/C16H28O4S2/c17-15(7-2-1-6-14-9-13-21-22-14)18-11-5-12-20-16-8-3-4-10-19-16/h14,16H,1-13H2/t14-,16?/m1/s1. The molecule has 0 amide bonds. The third-order valence-electron chi connectivity index (χ3n) is 3.88. The van der Waals surface area contributed by atoms with Crippen molar-refractivity contribution >= 4 is 27.6 Å². The van der Waals surface area contributed by atoms with Crippen LogP contribution >= 0.6 is 21.6 Å². The van der Waals surface area contributed by atoms with Gasteiger partial charge in [-0.15, -0.1) is 0 Å². The number of rotatable bonds is 10. The molecular weight excluding hydrogens is 320 g/mol. The summed E-state index contributed by atoms with van der Waals surface area (Å²) in [6.45, 7) is 1.87. The Labute approximate surface area is 141 Å². The predicted molar refractivity (Wildman–Crippen MR) is 92.0 cm³/mol. The Balaban J connectivity index is 1.36. The minimum atomic E-state index is -0.0673. The predicted octanol–water partition coefficient (Wildman–Crippen LogP) is 4.18. The van der Waals surface area contributed by atoms with Crippen LogP contribution in [0.2, 0.25) is 0 Å². The molecule has 0 bridgehead atoms. The summed E-state index contributed by atoms with van der Waals surface area (Å²) in [5.74, 6) is 1.22. The Kier molecular flexibility index (Phi) is 9.72. The second kappa shape index (κ2) is 11.6. The van der Waals surface area contributed by atoms with Crippen LogP contribution in [0, 0.1) is 0 Å². The van der Waals surface area contributed by atoms with Crippen LogP contribution in [0.25, 0.3) is 0 Å². The second-order valence-corrected chi connectivity index (χ2v) is 8.60. The maximum Gasteiger partial charge on any atom is 0.305 e. The quantitative estimate of drug-likeness (QED) is 0.335. The van der Waals surface area contributed by atoms with E-state index in [1.54, 1.807) is 0 Å². The van der Waals surface area contributed by atoms with Gasteiger partial charge in [0.05, 0.1) is 13.2 Å². The summed E-state index contributed by atoms with van der Waals surface area (Å²) in [5.41, 5.74) is 0. The molecular formula is C16H28O4S2. The van der Waals surface area contributed by atoms with E-state index in [0.717, 1.165) is 44.0 Å². The molecule has 128 valence electrons. The van der Waals surface area contributed by atoms with Crippen molar-refractivity contribution in [2.75, 3.05) is 25.6 Å². The first-order valence-electron chi connectivity index (χ1n) is 8.52. The molecule has 0 spiro atoms. The SMILES string of the molecule is O=C(CCCC[C@@H]1CCSS1)OCCCOC1CCCCO1. The molecule has 0 aromatic heterocycles. The van der Waals surface area contributed by atoms with E-state index in [4.69, 9.17) is 14.2 Å². The molecule has 0 N–H and O–H groups in total. The number of carbonyl (C=O) groups excluding carboxylic acids is 1. The zero-order valence-corrected chi connectivity index (χ0v) is 14.9. The lowest BCUT2D eigenvalue weighted by atomic mass is 10.1. The Morgan fingerprint density at radius 2 is 2.09 bits per heavy atom. The van der Waals surface area contributed by atoms with Gasteiger partial charge >= 0.3 is 5.97 Å². The van der Waals surface area contributed by atoms with Crippen LogP contribution in [0.15, 0.2) is 0 Å². The van der Waals surface area contributed by atoms with Crippen LogP contribution in [-0.2, 0) is 19.0 Å². The Hall–Kier alpha value is 0.0900. The Morgan fingerprint density at radius 3 is 2.86 bits per heavy atom. The van der Waals surface area contributed by atoms with E-state index in [9.17, 15) is 4.79 Å². The first-order valence-corrected chi connectivity index (χ1v) is 10.9. The molecule has 0 aromatic rings. The molecule has 0 aliphatic carbocycles. The highest BCUT2D eigenvalue weighted by Gasteiger charge is 2.16. The molecule has 2 fully saturated rings. The van der Waals surface area contributed by atoms with Crippen LogP contribution in [0.1, 0.15) is 57.8 Å². The highest BCUT2D eigenvalue weighted by Crippen LogP contribution is 2.39. The van der Waals surface area contributed by atoms with Crippen LogP contribution in [-0.4, -0.2) is 43.1 Å². The van der Waals surface area contributed by atoms with Crippen LogP contribution in [0.5, 0.6) is 0 Å². The lowest BCUT2D eigenvalue weighted by Crippen LogP contribution is -2.23. The van der Waals surface area contributed by atoms with Gasteiger partial charge in [0.25, 0.3) is 0 Å². The summed E-state index contributed by atoms with van der Waals surface area (Å²) < 4.78 is 16.3. The van der Waals surface area contributed by atoms with Gasteiger partial charge in [0.1, 0.15) is 0 Å². The number of hydrogen-bond acceptors (Lipinski definition) is 6. The maximum absolute atomic E-state index is 11.6. The lowest BCUT2D eigenvalue weighted by molar-refractivity contribution is -0.165. The molecule has 2 heterocycles. The van der Waals surface area contributed by atoms with Crippen molar-refractivity contribution in [2.24, 2.45) is 0 Å². The Bertz CT molecular complexity index is 303. The summed E-state index contributed by atoms with van der Waals surface area (Å²) in [6, 6.07) is 0. The van der Waals surface area contributed by atoms with Crippen molar-refractivity contribution in [1.82, 2.24) is 0 Å². The van der Waals surface area contributed by atoms with Crippen LogP contribution in [0.3, 0.4) is 0 Å². The monoisotopic (exact) mass is 348 g/mol. The summed E-state index contributed by atoms with van der Waals surface area (Å²) in [5, 5.41) is 0.806. The third-order valence-corrected chi connectivity index (χ3v) is 6.88. The molecule has 0 aromatic carbocycles. The summed E-state index contributed by atoms with van der Waals surface area (Å²) in [7, 11) is 3.99. The van der Waals surface area contributed by atoms with Gasteiger partial charge in [-0.1, -0.05) is 28.0 Å². The second-order valence-electron chi connectivity index (χ2n) is 5.82. The molecule has 2 rings (SSSR count). The van der Waals surface area contributed by atoms with E-state index in [2.05, 4.69) is 0 Å². The van der Waals surface area contributed by atoms with Gasteiger partial charge in [0.15, 0.2) is 6.29 Å². The zero-order chi connectivity index (χ0) is 15.5. The van der Waals surface area contributed by atoms with Crippen LogP contribution in [0.4, 0.5) is 0 Å². The van der Waals surface area contributed by atoms with E-state index in [1.807, 2.05) is 21.6 Å². The molecule has 6 heteroatoms. The maximum atomic E-state index is 11.6. The highest BCUT2D eigenvalue weighted by molar-refractivity contribution is 8.77. The average Bonchev–Trinajstić information content (AvgIpc) is 3.06. The van der Waals surface area contributed by atoms with Gasteiger partial charge < -0.3 is 14.2 Å². The average molecular weight is 349 g/mol. The fourth-order valence-corrected chi connectivity index (χ4v) is 5.61. The van der Waals surface area contributed by atoms with Gasteiger partial charge in [-0.05, 0) is 38.5 Å². The fourth-order valence-electron chi connectivity index (χ4n) is 2.58. The first kappa shape index (κ1) is 18.4. The van der Waals surface area contributed by atoms with E-state index in [-0.39, 0.29) is 12.3 Å². The minimum Gasteiger partial charge on any atom is -0.466 e. The Morgan fingerprint density at radius 1 is 1.14 bits per heavy atom. The molecule has 2 atom stereocenters. The van der Waals surface area contributed by atoms with E-state index >= 15 is 0 Å². The number of carbonyl (C=O) groups is 1. The fraction of sp³-hybridized carbons (Fsp3) is 0.938. The normalized spacial score (nSPS) is 25.3. The lowest BCUT2D eigenvalue weighted by Gasteiger charge is -2.22. The van der Waals surface area contributed by atoms with E-state index in [0.29, 0.717) is 19.6 Å². The van der Waals surface area contributed by atoms with Gasteiger partial charge in [-0.3, -0.25) is 4.79 Å². The highest BCUT2D eigenvalue weighted by atomic mass is 33.1. The molecule has 2 aliphatic rings. The van der Waals surface area contributed by atoms with Gasteiger partial charge in [0.2, 0.25) is 0 Å². The van der Waals surface area contributed by atoms with Crippen LogP contribution < -0.4 is 0 Å². The van der Waals surface area contributed by atoms with Gasteiger partial charge in [-0.25, -0.2) is 0 Å². The smallest absolute Gasteiger partial charge is 0.305 e. The van der Waals surface area contributed by atoms with Gasteiger partial charge in [0, 0.05) is 30.5 Å². The minimum absolute atomic E-state index is 0.0453. The number of hydrogen-bond donors (Lipinski definition) is 0. The molecule has 4 nitrogen and oxygen atoms in total. The van der Waals surface area contributed by atoms with Crippen molar-refractivity contribution in [3.8, 4) is 0 Å². The van der Waals surface area contributed by atoms with Gasteiger partial charge in [-0.2, -0.15) is 0 Å². The molecule has 0 saturated carbocycles. The van der Waals surface area contributed by atoms with Crippen molar-refractivity contribution in [3.05, 3.63) is 0 Å². The largest absolute Gasteiger partial charge is 0.466 e. The van der Waals surface area contributed by atoms with E-state index in [1.165, 1.54) is 25.0 Å². The summed E-state index contributed by atoms with van der Waals surface area (Å²) in [4.78, 5) is 11.6.